The molecule has 0 aromatic carbocycles. The van der Waals surface area contributed by atoms with Gasteiger partial charge in [-0.3, -0.25) is 14.4 Å². The Morgan fingerprint density at radius 3 is 2.19 bits per heavy atom. The topological polar surface area (TPSA) is 130 Å². The Balaban J connectivity index is -0.000000502. The fraction of sp³-hybridized carbons (Fsp3) is 0.800. The third-order valence-electron chi connectivity index (χ3n) is 6.96. The van der Waals surface area contributed by atoms with Crippen molar-refractivity contribution in [1.29, 1.82) is 0 Å². The Morgan fingerprint density at radius 2 is 1.65 bits per heavy atom. The van der Waals surface area contributed by atoms with E-state index in [0.29, 0.717) is 38.6 Å². The summed E-state index contributed by atoms with van der Waals surface area (Å²) in [6, 6.07) is 0. The zero-order valence-electron chi connectivity index (χ0n) is 27.1. The van der Waals surface area contributed by atoms with Crippen LogP contribution in [0.15, 0.2) is 0 Å². The molecule has 0 aliphatic carbocycles. The average molecular weight is 819 g/mol. The Kier molecular flexibility index (Phi) is 33.7. The molecule has 2 saturated heterocycles. The van der Waals surface area contributed by atoms with Crippen LogP contribution in [0.3, 0.4) is 0 Å². The minimum Gasteiger partial charge on any atom is -0.463 e. The first-order chi connectivity index (χ1) is 18.6. The summed E-state index contributed by atoms with van der Waals surface area (Å²) >= 11 is 0. The molecule has 0 aromatic rings. The number of carbonyl (C=O) groups excluding carboxylic acids is 3. The van der Waals surface area contributed by atoms with Gasteiger partial charge in [0.05, 0.1) is 7.85 Å². The molecule has 249 valence electrons. The predicted molar refractivity (Wildman–Crippen MR) is 160 cm³/mol. The molecular weight excluding hydrogens is 764 g/mol. The van der Waals surface area contributed by atoms with E-state index in [1.54, 1.807) is 0 Å². The Hall–Kier alpha value is -0.252. The molecule has 2 aliphatic rings. The van der Waals surface area contributed by atoms with Crippen LogP contribution in [0.4, 0.5) is 0 Å². The van der Waals surface area contributed by atoms with Crippen molar-refractivity contribution in [2.24, 2.45) is 17.8 Å². The number of piperidine rings is 1. The number of aliphatic hydroxyl groups is 1. The van der Waals surface area contributed by atoms with Crippen LogP contribution in [0.5, 0.6) is 0 Å². The van der Waals surface area contributed by atoms with Gasteiger partial charge < -0.3 is 55.9 Å². The number of ether oxygens (including phenoxy) is 5. The molecule has 0 aromatic heterocycles. The number of esters is 2. The number of nitrogens with one attached hydrogen (secondary N) is 1. The van der Waals surface area contributed by atoms with Gasteiger partial charge in [0.15, 0.2) is 6.29 Å². The van der Waals surface area contributed by atoms with Crippen LogP contribution in [0.1, 0.15) is 66.2 Å². The minimum absolute atomic E-state index is 0. The normalized spacial score (nSPS) is 26.0. The Morgan fingerprint density at radius 1 is 1.00 bits per heavy atom. The van der Waals surface area contributed by atoms with Crippen molar-refractivity contribution in [2.45, 2.75) is 90.5 Å². The number of Topliss-reactive ketones (excluding diaryl/α,β-unsaturated/α-hetero) is 1. The number of hydrogen-bond acceptors (Lipinski definition) is 10. The molecule has 0 amide bonds. The van der Waals surface area contributed by atoms with E-state index in [4.69, 9.17) is 36.6 Å². The molecule has 10 nitrogen and oxygen atoms in total. The minimum atomic E-state index is -0.587. The second kappa shape index (κ2) is 29.2. The zero-order valence-corrected chi connectivity index (χ0v) is 31.4. The summed E-state index contributed by atoms with van der Waals surface area (Å²) < 4.78 is 27.5. The number of rotatable bonds is 15. The van der Waals surface area contributed by atoms with Gasteiger partial charge in [-0.25, -0.2) is 0 Å². The number of aliphatic hydroxyl groups excluding tert-OH is 1. The number of unbranched alkanes of at least 4 members (excludes halogenated alkanes) is 1. The van der Waals surface area contributed by atoms with Crippen molar-refractivity contribution >= 4 is 25.6 Å². The second-order valence-electron chi connectivity index (χ2n) is 10.4. The molecule has 2 heterocycles. The van der Waals surface area contributed by atoms with Crippen molar-refractivity contribution in [1.82, 2.24) is 5.32 Å². The van der Waals surface area contributed by atoms with E-state index >= 15 is 0 Å². The summed E-state index contributed by atoms with van der Waals surface area (Å²) in [7, 11) is 5.63. The predicted octanol–water partition coefficient (Wildman–Crippen LogP) is 3.31. The molecular formula is C30H55BNO9VW-. The second-order valence-corrected chi connectivity index (χ2v) is 10.4. The maximum absolute atomic E-state index is 11.8. The smallest absolute Gasteiger partial charge is 0.463 e. The monoisotopic (exact) mass is 819 g/mol. The van der Waals surface area contributed by atoms with Crippen molar-refractivity contribution < 1.29 is 82.8 Å². The van der Waals surface area contributed by atoms with Gasteiger partial charge in [0.25, 0.3) is 0 Å². The first-order valence-corrected chi connectivity index (χ1v) is 14.1. The van der Waals surface area contributed by atoms with E-state index in [-0.39, 0.29) is 91.1 Å². The molecule has 13 heteroatoms. The molecule has 43 heavy (non-hydrogen) atoms. The van der Waals surface area contributed by atoms with E-state index in [2.05, 4.69) is 12.2 Å². The molecule has 2 N–H and O–H groups in total. The SMILES string of the molecule is [B]C1CNCC(CO)C1.[CH2-]COCCCC(=O)CCCCOC1OC(COC(C)=O)C(OC(C)=O)C(C)C1C.[CH3-].[CH3-].[V+2].[W]. The average Bonchev–Trinajstić information content (AvgIpc) is 2.89. The zero-order chi connectivity index (χ0) is 29.2. The standard InChI is InChI=1S/C22H37O8.C6H12BNO.2CH3.V.W/c1-6-26-12-9-11-19(25)10-7-8-13-27-22-16(3)15(2)21(29-18(5)24)20(30-22)14-28-17(4)23;7-6-1-5(4-9)2-8-3-6;;;;/h15-16,20-22H,1,6-14H2,2-5H3;5-6,8-9H,1-4H2;2*1H3;;/q-1;;2*-1;+2;. The van der Waals surface area contributed by atoms with Gasteiger partial charge in [0, 0.05) is 86.0 Å². The van der Waals surface area contributed by atoms with Gasteiger partial charge in [-0.1, -0.05) is 32.7 Å². The van der Waals surface area contributed by atoms with Crippen LogP contribution in [0.25, 0.3) is 0 Å². The van der Waals surface area contributed by atoms with Crippen LogP contribution >= 0.6 is 0 Å². The Bertz CT molecular complexity index is 725. The van der Waals surface area contributed by atoms with Gasteiger partial charge in [-0.2, -0.15) is 0 Å². The van der Waals surface area contributed by atoms with E-state index < -0.39 is 30.4 Å². The van der Waals surface area contributed by atoms with E-state index in [1.807, 2.05) is 13.8 Å². The van der Waals surface area contributed by atoms with Crippen molar-refractivity contribution in [2.75, 3.05) is 46.1 Å². The van der Waals surface area contributed by atoms with Crippen LogP contribution in [-0.2, 0) is 77.7 Å². The van der Waals surface area contributed by atoms with E-state index in [1.165, 1.54) is 13.8 Å². The third kappa shape index (κ3) is 22.0. The van der Waals surface area contributed by atoms with Crippen LogP contribution in [-0.4, -0.2) is 95.3 Å². The summed E-state index contributed by atoms with van der Waals surface area (Å²) in [5.41, 5.74) is 0. The fourth-order valence-electron chi connectivity index (χ4n) is 4.59. The molecule has 2 aliphatic heterocycles. The number of carbonyl (C=O) groups is 3. The molecule has 3 radical (unpaired) electrons. The van der Waals surface area contributed by atoms with Gasteiger partial charge in [-0.05, 0) is 31.7 Å². The largest absolute Gasteiger partial charge is 2.00 e. The molecule has 2 fully saturated rings. The molecule has 0 spiro atoms. The van der Waals surface area contributed by atoms with E-state index in [0.717, 1.165) is 38.8 Å². The quantitative estimate of drug-likeness (QED) is 0.110. The van der Waals surface area contributed by atoms with Crippen molar-refractivity contribution in [3.63, 3.8) is 0 Å². The number of hydrogen-bond donors (Lipinski definition) is 2. The molecule has 0 saturated carbocycles. The van der Waals surface area contributed by atoms with E-state index in [9.17, 15) is 14.4 Å². The van der Waals surface area contributed by atoms with Gasteiger partial charge in [0.1, 0.15) is 24.6 Å². The summed E-state index contributed by atoms with van der Waals surface area (Å²) in [5, 5.41) is 11.9. The summed E-state index contributed by atoms with van der Waals surface area (Å²) in [6.07, 6.45) is 2.63. The Labute approximate surface area is 288 Å². The molecule has 7 atom stereocenters. The summed E-state index contributed by atoms with van der Waals surface area (Å²) in [5.74, 6) is -0.0224. The maximum atomic E-state index is 11.8. The van der Waals surface area contributed by atoms with Gasteiger partial charge >= 0.3 is 30.5 Å². The van der Waals surface area contributed by atoms with Gasteiger partial charge in [0.2, 0.25) is 0 Å². The first-order valence-electron chi connectivity index (χ1n) is 14.1. The van der Waals surface area contributed by atoms with Crippen LogP contribution < -0.4 is 5.32 Å². The van der Waals surface area contributed by atoms with Crippen molar-refractivity contribution in [3.05, 3.63) is 21.8 Å². The van der Waals surface area contributed by atoms with Crippen LogP contribution in [0, 0.1) is 39.5 Å². The number of ketones is 1. The van der Waals surface area contributed by atoms with Gasteiger partial charge in [-0.15, -0.1) is 0 Å². The van der Waals surface area contributed by atoms with Crippen molar-refractivity contribution in [3.8, 4) is 0 Å². The summed E-state index contributed by atoms with van der Waals surface area (Å²) in [6.45, 7) is 13.7. The first kappa shape index (κ1) is 49.6. The molecule has 7 unspecified atom stereocenters. The third-order valence-corrected chi connectivity index (χ3v) is 6.96. The van der Waals surface area contributed by atoms with Crippen LogP contribution in [0.2, 0.25) is 5.82 Å². The molecule has 0 bridgehead atoms. The fourth-order valence-corrected chi connectivity index (χ4v) is 4.59. The maximum Gasteiger partial charge on any atom is 2.00 e. The molecule has 2 rings (SSSR count). The summed E-state index contributed by atoms with van der Waals surface area (Å²) in [4.78, 5) is 34.5.